The lowest BCUT2D eigenvalue weighted by molar-refractivity contribution is -0.109. The lowest BCUT2D eigenvalue weighted by Crippen LogP contribution is -2.41. The van der Waals surface area contributed by atoms with Gasteiger partial charge in [0.1, 0.15) is 5.15 Å². The van der Waals surface area contributed by atoms with Gasteiger partial charge in [0.2, 0.25) is 5.28 Å². The van der Waals surface area contributed by atoms with Crippen LogP contribution in [0.2, 0.25) is 10.4 Å². The van der Waals surface area contributed by atoms with Crippen molar-refractivity contribution in [3.8, 4) is 0 Å². The van der Waals surface area contributed by atoms with E-state index in [1.54, 1.807) is 6.08 Å². The second kappa shape index (κ2) is 7.34. The highest BCUT2D eigenvalue weighted by atomic mass is 35.5. The summed E-state index contributed by atoms with van der Waals surface area (Å²) in [6.45, 7) is 9.41. The van der Waals surface area contributed by atoms with E-state index in [9.17, 15) is 4.79 Å². The van der Waals surface area contributed by atoms with Gasteiger partial charge in [-0.15, -0.1) is 0 Å². The normalized spacial score (nSPS) is 19.6. The van der Waals surface area contributed by atoms with Crippen LogP contribution >= 0.6 is 35.0 Å². The first kappa shape index (κ1) is 19.7. The molecular formula is C15H19BCl2N2O3S. The molecule has 1 aliphatic heterocycles. The number of thioether (sulfide) groups is 1. The third-order valence-corrected chi connectivity index (χ3v) is 5.45. The largest absolute Gasteiger partial charge is 0.491 e. The number of rotatable bonds is 4. The summed E-state index contributed by atoms with van der Waals surface area (Å²) in [4.78, 5) is 19.2. The molecule has 130 valence electrons. The predicted octanol–water partition coefficient (Wildman–Crippen LogP) is 4.08. The van der Waals surface area contributed by atoms with Gasteiger partial charge in [0.15, 0.2) is 5.12 Å². The molecule has 1 saturated heterocycles. The Hall–Kier alpha value is -0.595. The Balaban J connectivity index is 2.35. The van der Waals surface area contributed by atoms with Crippen molar-refractivity contribution >= 4 is 53.3 Å². The maximum absolute atomic E-state index is 11.4. The average Bonchev–Trinajstić information content (AvgIpc) is 2.65. The molecule has 0 spiro atoms. The number of nitrogens with zero attached hydrogens (tertiary/aromatic N) is 2. The smallest absolute Gasteiger partial charge is 0.400 e. The lowest BCUT2D eigenvalue weighted by atomic mass is 9.78. The van der Waals surface area contributed by atoms with Crippen molar-refractivity contribution in [3.63, 3.8) is 0 Å². The van der Waals surface area contributed by atoms with Crippen LogP contribution in [0.3, 0.4) is 0 Å². The van der Waals surface area contributed by atoms with Gasteiger partial charge in [-0.2, -0.15) is 0 Å². The van der Waals surface area contributed by atoms with Gasteiger partial charge >= 0.3 is 7.12 Å². The maximum atomic E-state index is 11.4. The Morgan fingerprint density at radius 2 is 1.88 bits per heavy atom. The highest BCUT2D eigenvalue weighted by Crippen LogP contribution is 2.39. The van der Waals surface area contributed by atoms with Crippen LogP contribution in [-0.4, -0.2) is 39.2 Å². The number of halogens is 2. The predicted molar refractivity (Wildman–Crippen MR) is 99.3 cm³/mol. The molecular weight excluding hydrogens is 370 g/mol. The first-order valence-corrected chi connectivity index (χ1v) is 9.13. The van der Waals surface area contributed by atoms with E-state index in [2.05, 4.69) is 9.97 Å². The molecule has 0 radical (unpaired) electrons. The standard InChI is InChI=1S/C15H19BCl2N2O3S/c1-9(21)24-8-11(6-10-7-19-13(18)20-12(10)17)16-22-14(2,3)15(4,5)23-16/h6-7H,8H2,1-5H3. The van der Waals surface area contributed by atoms with E-state index in [4.69, 9.17) is 32.5 Å². The molecule has 0 unspecified atom stereocenters. The zero-order valence-corrected chi connectivity index (χ0v) is 16.6. The highest BCUT2D eigenvalue weighted by Gasteiger charge is 2.52. The topological polar surface area (TPSA) is 61.3 Å². The molecule has 2 rings (SSSR count). The van der Waals surface area contributed by atoms with E-state index in [1.807, 2.05) is 27.7 Å². The molecule has 0 bridgehead atoms. The summed E-state index contributed by atoms with van der Waals surface area (Å²) in [5.74, 6) is 0.422. The molecule has 0 amide bonds. The molecule has 1 aromatic rings. The van der Waals surface area contributed by atoms with Crippen molar-refractivity contribution in [3.05, 3.63) is 27.7 Å². The van der Waals surface area contributed by atoms with Crippen molar-refractivity contribution in [2.45, 2.75) is 45.8 Å². The zero-order valence-electron chi connectivity index (χ0n) is 14.2. The van der Waals surface area contributed by atoms with Crippen LogP contribution in [0.25, 0.3) is 6.08 Å². The van der Waals surface area contributed by atoms with Crippen molar-refractivity contribution in [1.82, 2.24) is 9.97 Å². The number of carbonyl (C=O) groups is 1. The van der Waals surface area contributed by atoms with Crippen LogP contribution in [-0.2, 0) is 14.1 Å². The summed E-state index contributed by atoms with van der Waals surface area (Å²) in [7, 11) is -0.575. The Morgan fingerprint density at radius 1 is 1.29 bits per heavy atom. The van der Waals surface area contributed by atoms with Gasteiger partial charge in [-0.05, 0) is 44.8 Å². The Kier molecular flexibility index (Phi) is 6.03. The SMILES string of the molecule is CC(=O)SCC(=Cc1cnc(Cl)nc1Cl)B1OC(C)(C)C(C)(C)O1. The van der Waals surface area contributed by atoms with E-state index in [0.717, 1.165) is 5.47 Å². The zero-order chi connectivity index (χ0) is 18.1. The number of carbonyl (C=O) groups excluding carboxylic acids is 1. The number of hydrogen-bond acceptors (Lipinski definition) is 6. The number of hydrogen-bond donors (Lipinski definition) is 0. The fourth-order valence-electron chi connectivity index (χ4n) is 2.00. The molecule has 1 fully saturated rings. The monoisotopic (exact) mass is 388 g/mol. The van der Waals surface area contributed by atoms with Crippen molar-refractivity contribution < 1.29 is 14.1 Å². The highest BCUT2D eigenvalue weighted by molar-refractivity contribution is 8.13. The van der Waals surface area contributed by atoms with Crippen molar-refractivity contribution in [2.24, 2.45) is 0 Å². The van der Waals surface area contributed by atoms with Gasteiger partial charge in [0.05, 0.1) is 11.2 Å². The van der Waals surface area contributed by atoms with Gasteiger partial charge in [-0.1, -0.05) is 29.4 Å². The molecule has 0 atom stereocenters. The fraction of sp³-hybridized carbons (Fsp3) is 0.533. The van der Waals surface area contributed by atoms with Gasteiger partial charge < -0.3 is 9.31 Å². The van der Waals surface area contributed by atoms with Gasteiger partial charge in [-0.3, -0.25) is 4.79 Å². The van der Waals surface area contributed by atoms with Gasteiger partial charge in [0.25, 0.3) is 0 Å². The first-order valence-electron chi connectivity index (χ1n) is 7.39. The first-order chi connectivity index (χ1) is 11.0. The lowest BCUT2D eigenvalue weighted by Gasteiger charge is -2.32. The molecule has 5 nitrogen and oxygen atoms in total. The third kappa shape index (κ3) is 4.52. The Bertz CT molecular complexity index is 667. The van der Waals surface area contributed by atoms with Crippen molar-refractivity contribution in [1.29, 1.82) is 0 Å². The summed E-state index contributed by atoms with van der Waals surface area (Å²) < 4.78 is 12.1. The summed E-state index contributed by atoms with van der Waals surface area (Å²) >= 11 is 13.0. The van der Waals surface area contributed by atoms with Crippen LogP contribution in [0.15, 0.2) is 11.7 Å². The van der Waals surface area contributed by atoms with Crippen molar-refractivity contribution in [2.75, 3.05) is 5.75 Å². The fourth-order valence-corrected chi connectivity index (χ4v) is 2.95. The van der Waals surface area contributed by atoms with Crippen LogP contribution in [0.4, 0.5) is 0 Å². The van der Waals surface area contributed by atoms with E-state index < -0.39 is 18.3 Å². The summed E-state index contributed by atoms with van der Waals surface area (Å²) in [6, 6.07) is 0. The molecule has 2 heterocycles. The molecule has 0 N–H and O–H groups in total. The van der Waals surface area contributed by atoms with Gasteiger partial charge in [-0.25, -0.2) is 9.97 Å². The minimum atomic E-state index is -0.575. The molecule has 0 saturated carbocycles. The quantitative estimate of drug-likeness (QED) is 0.440. The second-order valence-electron chi connectivity index (χ2n) is 6.47. The second-order valence-corrected chi connectivity index (χ2v) is 8.32. The molecule has 9 heteroatoms. The summed E-state index contributed by atoms with van der Waals surface area (Å²) in [5.41, 5.74) is 0.423. The van der Waals surface area contributed by atoms with Crippen LogP contribution in [0.1, 0.15) is 40.2 Å². The minimum absolute atomic E-state index is 0.0101. The van der Waals surface area contributed by atoms with Crippen LogP contribution in [0.5, 0.6) is 0 Å². The Labute approximate surface area is 156 Å². The van der Waals surface area contributed by atoms with E-state index in [1.165, 1.54) is 24.9 Å². The van der Waals surface area contributed by atoms with E-state index in [0.29, 0.717) is 11.3 Å². The van der Waals surface area contributed by atoms with Crippen LogP contribution < -0.4 is 0 Å². The molecule has 1 aromatic heterocycles. The average molecular weight is 389 g/mol. The number of aromatic nitrogens is 2. The molecule has 1 aliphatic rings. The summed E-state index contributed by atoms with van der Waals surface area (Å²) in [5, 5.41) is 0.320. The maximum Gasteiger partial charge on any atom is 0.491 e. The minimum Gasteiger partial charge on any atom is -0.400 e. The molecule has 0 aromatic carbocycles. The molecule has 0 aliphatic carbocycles. The molecule has 24 heavy (non-hydrogen) atoms. The van der Waals surface area contributed by atoms with E-state index >= 15 is 0 Å². The summed E-state index contributed by atoms with van der Waals surface area (Å²) in [6.07, 6.45) is 3.32. The Morgan fingerprint density at radius 3 is 2.38 bits per heavy atom. The van der Waals surface area contributed by atoms with Gasteiger partial charge in [0, 0.05) is 24.4 Å². The van der Waals surface area contributed by atoms with E-state index in [-0.39, 0.29) is 15.6 Å². The van der Waals surface area contributed by atoms with Crippen LogP contribution in [0, 0.1) is 0 Å². The third-order valence-electron chi connectivity index (χ3n) is 4.08.